The van der Waals surface area contributed by atoms with Crippen molar-refractivity contribution in [3.63, 3.8) is 0 Å². The Kier molecular flexibility index (Phi) is 5.37. The van der Waals surface area contributed by atoms with Gasteiger partial charge in [-0.05, 0) is 25.3 Å². The number of imide groups is 1. The molecule has 1 rings (SSSR count). The van der Waals surface area contributed by atoms with Gasteiger partial charge in [0.25, 0.3) is 0 Å². The van der Waals surface area contributed by atoms with Gasteiger partial charge in [-0.3, -0.25) is 15.0 Å². The fourth-order valence-corrected chi connectivity index (χ4v) is 2.37. The van der Waals surface area contributed by atoms with E-state index in [1.54, 1.807) is 0 Å². The fraction of sp³-hybridized carbons (Fsp3) is 0.818. The van der Waals surface area contributed by atoms with E-state index < -0.39 is 6.03 Å². The van der Waals surface area contributed by atoms with Crippen LogP contribution >= 0.6 is 0 Å². The number of nitrogens with one attached hydrogen (secondary N) is 1. The highest BCUT2D eigenvalue weighted by molar-refractivity contribution is 5.94. The topological polar surface area (TPSA) is 101 Å². The number of hydrogen-bond donors (Lipinski definition) is 3. The standard InChI is InChI=1S/C11H22N4O2/c1-2-8-3-4-15(9(5-8)6-12)7-10(16)14-11(13)17/h8-9H,2-7,12H2,1H3,(H3,13,14,16,17). The van der Waals surface area contributed by atoms with Crippen LogP contribution in [0.4, 0.5) is 4.79 Å². The molecule has 6 heteroatoms. The molecule has 6 nitrogen and oxygen atoms in total. The van der Waals surface area contributed by atoms with Crippen LogP contribution in [0.1, 0.15) is 26.2 Å². The summed E-state index contributed by atoms with van der Waals surface area (Å²) in [6.07, 6.45) is 3.26. The molecule has 17 heavy (non-hydrogen) atoms. The van der Waals surface area contributed by atoms with E-state index >= 15 is 0 Å². The Labute approximate surface area is 102 Å². The Morgan fingerprint density at radius 2 is 2.18 bits per heavy atom. The maximum Gasteiger partial charge on any atom is 0.318 e. The van der Waals surface area contributed by atoms with Crippen LogP contribution in [0, 0.1) is 5.92 Å². The second-order valence-electron chi connectivity index (χ2n) is 4.57. The smallest absolute Gasteiger partial charge is 0.318 e. The quantitative estimate of drug-likeness (QED) is 0.626. The number of primary amides is 1. The molecule has 1 heterocycles. The second kappa shape index (κ2) is 6.56. The lowest BCUT2D eigenvalue weighted by Crippen LogP contribution is -2.51. The van der Waals surface area contributed by atoms with Gasteiger partial charge in [0.1, 0.15) is 0 Å². The van der Waals surface area contributed by atoms with Crippen LogP contribution in [0.25, 0.3) is 0 Å². The number of carbonyl (C=O) groups is 2. The van der Waals surface area contributed by atoms with Crippen molar-refractivity contribution in [3.8, 4) is 0 Å². The predicted molar refractivity (Wildman–Crippen MR) is 65.2 cm³/mol. The molecule has 0 saturated carbocycles. The van der Waals surface area contributed by atoms with Gasteiger partial charge in [0.15, 0.2) is 0 Å². The molecule has 0 aromatic rings. The van der Waals surface area contributed by atoms with Gasteiger partial charge in [-0.2, -0.15) is 0 Å². The number of nitrogens with zero attached hydrogens (tertiary/aromatic N) is 1. The van der Waals surface area contributed by atoms with Crippen molar-refractivity contribution < 1.29 is 9.59 Å². The molecular formula is C11H22N4O2. The number of amides is 3. The second-order valence-corrected chi connectivity index (χ2v) is 4.57. The summed E-state index contributed by atoms with van der Waals surface area (Å²) in [6.45, 7) is 3.77. The summed E-state index contributed by atoms with van der Waals surface area (Å²) in [6, 6.07) is -0.574. The molecule has 1 fully saturated rings. The maximum atomic E-state index is 11.4. The molecule has 0 bridgehead atoms. The van der Waals surface area contributed by atoms with Gasteiger partial charge < -0.3 is 11.5 Å². The molecule has 98 valence electrons. The summed E-state index contributed by atoms with van der Waals surface area (Å²) in [5.74, 6) is 0.338. The minimum absolute atomic E-state index is 0.196. The molecule has 1 aliphatic heterocycles. The van der Waals surface area contributed by atoms with E-state index in [1.165, 1.54) is 0 Å². The predicted octanol–water partition coefficient (Wildman–Crippen LogP) is -0.369. The average Bonchev–Trinajstić information content (AvgIpc) is 2.28. The summed E-state index contributed by atoms with van der Waals surface area (Å²) >= 11 is 0. The van der Waals surface area contributed by atoms with E-state index in [-0.39, 0.29) is 18.5 Å². The lowest BCUT2D eigenvalue weighted by atomic mass is 9.89. The molecule has 0 aliphatic carbocycles. The number of likely N-dealkylation sites (tertiary alicyclic amines) is 1. The molecule has 3 amide bonds. The molecular weight excluding hydrogens is 220 g/mol. The lowest BCUT2D eigenvalue weighted by molar-refractivity contribution is -0.122. The van der Waals surface area contributed by atoms with Crippen molar-refractivity contribution in [1.82, 2.24) is 10.2 Å². The van der Waals surface area contributed by atoms with Gasteiger partial charge in [0, 0.05) is 12.6 Å². The summed E-state index contributed by atoms with van der Waals surface area (Å²) < 4.78 is 0. The van der Waals surface area contributed by atoms with Gasteiger partial charge in [-0.25, -0.2) is 4.79 Å². The SMILES string of the molecule is CCC1CCN(CC(=O)NC(N)=O)C(CN)C1. The van der Waals surface area contributed by atoms with Crippen molar-refractivity contribution in [1.29, 1.82) is 0 Å². The number of carbonyl (C=O) groups excluding carboxylic acids is 2. The zero-order chi connectivity index (χ0) is 12.8. The number of piperidine rings is 1. The molecule has 0 spiro atoms. The summed E-state index contributed by atoms with van der Waals surface area (Å²) in [5, 5.41) is 2.08. The Balaban J connectivity index is 2.47. The van der Waals surface area contributed by atoms with E-state index in [9.17, 15) is 9.59 Å². The molecule has 1 saturated heterocycles. The van der Waals surface area contributed by atoms with E-state index in [0.29, 0.717) is 12.5 Å². The van der Waals surface area contributed by atoms with E-state index in [2.05, 4.69) is 12.2 Å². The van der Waals surface area contributed by atoms with Crippen LogP contribution in [0.5, 0.6) is 0 Å². The minimum atomic E-state index is -0.803. The first-order chi connectivity index (χ1) is 8.06. The fourth-order valence-electron chi connectivity index (χ4n) is 2.37. The summed E-state index contributed by atoms with van der Waals surface area (Å²) in [7, 11) is 0. The average molecular weight is 242 g/mol. The summed E-state index contributed by atoms with van der Waals surface area (Å²) in [4.78, 5) is 24.0. The molecule has 2 atom stereocenters. The van der Waals surface area contributed by atoms with Gasteiger partial charge >= 0.3 is 6.03 Å². The van der Waals surface area contributed by atoms with Gasteiger partial charge in [0.05, 0.1) is 6.54 Å². The van der Waals surface area contributed by atoms with Crippen molar-refractivity contribution in [2.45, 2.75) is 32.2 Å². The maximum absolute atomic E-state index is 11.4. The van der Waals surface area contributed by atoms with Gasteiger partial charge in [-0.1, -0.05) is 13.3 Å². The number of hydrogen-bond acceptors (Lipinski definition) is 4. The van der Waals surface area contributed by atoms with Crippen LogP contribution in [0.3, 0.4) is 0 Å². The Morgan fingerprint density at radius 1 is 1.47 bits per heavy atom. The number of urea groups is 1. The first-order valence-corrected chi connectivity index (χ1v) is 6.10. The van der Waals surface area contributed by atoms with Crippen molar-refractivity contribution in [2.75, 3.05) is 19.6 Å². The van der Waals surface area contributed by atoms with Crippen LogP contribution < -0.4 is 16.8 Å². The number of nitrogens with two attached hydrogens (primary N) is 2. The zero-order valence-electron chi connectivity index (χ0n) is 10.3. The Bertz CT molecular complexity index is 283. The normalized spacial score (nSPS) is 25.5. The Hall–Kier alpha value is -1.14. The molecule has 5 N–H and O–H groups in total. The highest BCUT2D eigenvalue weighted by Crippen LogP contribution is 2.24. The van der Waals surface area contributed by atoms with Crippen molar-refractivity contribution in [2.24, 2.45) is 17.4 Å². The van der Waals surface area contributed by atoms with E-state index in [4.69, 9.17) is 11.5 Å². The highest BCUT2D eigenvalue weighted by Gasteiger charge is 2.27. The summed E-state index contributed by atoms with van der Waals surface area (Å²) in [5.41, 5.74) is 10.6. The first kappa shape index (κ1) is 13.9. The zero-order valence-corrected chi connectivity index (χ0v) is 10.3. The minimum Gasteiger partial charge on any atom is -0.351 e. The van der Waals surface area contributed by atoms with Crippen LogP contribution in [0.15, 0.2) is 0 Å². The van der Waals surface area contributed by atoms with Crippen LogP contribution in [0.2, 0.25) is 0 Å². The highest BCUT2D eigenvalue weighted by atomic mass is 16.2. The van der Waals surface area contributed by atoms with Crippen molar-refractivity contribution in [3.05, 3.63) is 0 Å². The third-order valence-electron chi connectivity index (χ3n) is 3.41. The van der Waals surface area contributed by atoms with Gasteiger partial charge in [0.2, 0.25) is 5.91 Å². The largest absolute Gasteiger partial charge is 0.351 e. The first-order valence-electron chi connectivity index (χ1n) is 6.10. The van der Waals surface area contributed by atoms with E-state index in [1.807, 2.05) is 4.90 Å². The van der Waals surface area contributed by atoms with Crippen LogP contribution in [-0.2, 0) is 4.79 Å². The third kappa shape index (κ3) is 4.32. The molecule has 2 unspecified atom stereocenters. The monoisotopic (exact) mass is 242 g/mol. The van der Waals surface area contributed by atoms with Crippen molar-refractivity contribution >= 4 is 11.9 Å². The lowest BCUT2D eigenvalue weighted by Gasteiger charge is -2.38. The molecule has 0 aromatic carbocycles. The number of rotatable bonds is 4. The Morgan fingerprint density at radius 3 is 2.71 bits per heavy atom. The third-order valence-corrected chi connectivity index (χ3v) is 3.41. The van der Waals surface area contributed by atoms with Gasteiger partial charge in [-0.15, -0.1) is 0 Å². The molecule has 1 aliphatic rings. The molecule has 0 aromatic heterocycles. The molecule has 0 radical (unpaired) electrons. The van der Waals surface area contributed by atoms with Crippen LogP contribution in [-0.4, -0.2) is 42.5 Å². The van der Waals surface area contributed by atoms with E-state index in [0.717, 1.165) is 25.8 Å².